The van der Waals surface area contributed by atoms with E-state index in [-0.39, 0.29) is 11.7 Å². The second-order valence-electron chi connectivity index (χ2n) is 3.27. The standard InChI is InChI=1S/C8H14Cl2O2/c1-3-12-8(2)4-6(7(9)10)11-5-8/h6-7H,3-5H2,1-2H3/t6-,8-/m0/s1. The van der Waals surface area contributed by atoms with Crippen molar-refractivity contribution in [1.82, 2.24) is 0 Å². The molecule has 0 aromatic rings. The van der Waals surface area contributed by atoms with E-state index in [2.05, 4.69) is 0 Å². The lowest BCUT2D eigenvalue weighted by molar-refractivity contribution is -0.0302. The summed E-state index contributed by atoms with van der Waals surface area (Å²) in [5.41, 5.74) is -0.193. The Morgan fingerprint density at radius 3 is 2.75 bits per heavy atom. The van der Waals surface area contributed by atoms with Gasteiger partial charge in [-0.3, -0.25) is 0 Å². The first-order valence-corrected chi connectivity index (χ1v) is 4.98. The van der Waals surface area contributed by atoms with Crippen LogP contribution in [0, 0.1) is 0 Å². The molecule has 0 bridgehead atoms. The van der Waals surface area contributed by atoms with Crippen LogP contribution in [0.15, 0.2) is 0 Å². The molecule has 1 fully saturated rings. The van der Waals surface area contributed by atoms with Gasteiger partial charge in [-0.15, -0.1) is 23.2 Å². The molecule has 0 spiro atoms. The molecule has 72 valence electrons. The summed E-state index contributed by atoms with van der Waals surface area (Å²) < 4.78 is 10.9. The maximum absolute atomic E-state index is 5.70. The molecule has 12 heavy (non-hydrogen) atoms. The highest BCUT2D eigenvalue weighted by Crippen LogP contribution is 2.31. The monoisotopic (exact) mass is 212 g/mol. The van der Waals surface area contributed by atoms with Gasteiger partial charge in [-0.1, -0.05) is 0 Å². The van der Waals surface area contributed by atoms with Crippen LogP contribution in [0.4, 0.5) is 0 Å². The van der Waals surface area contributed by atoms with Crippen LogP contribution in [0.1, 0.15) is 20.3 Å². The summed E-state index contributed by atoms with van der Waals surface area (Å²) in [4.78, 5) is -0.452. The van der Waals surface area contributed by atoms with E-state index in [1.807, 2.05) is 13.8 Å². The predicted molar refractivity (Wildman–Crippen MR) is 49.9 cm³/mol. The lowest BCUT2D eigenvalue weighted by atomic mass is 10.0. The lowest BCUT2D eigenvalue weighted by Gasteiger charge is -2.21. The normalized spacial score (nSPS) is 36.2. The zero-order valence-electron chi connectivity index (χ0n) is 7.35. The first-order chi connectivity index (χ1) is 5.57. The first-order valence-electron chi connectivity index (χ1n) is 4.11. The maximum atomic E-state index is 5.70. The lowest BCUT2D eigenvalue weighted by Crippen LogP contribution is -2.29. The average molecular weight is 213 g/mol. The third-order valence-corrected chi connectivity index (χ3v) is 2.57. The third-order valence-electron chi connectivity index (χ3n) is 2.01. The summed E-state index contributed by atoms with van der Waals surface area (Å²) in [5.74, 6) is 0. The van der Waals surface area contributed by atoms with E-state index in [1.54, 1.807) is 0 Å². The second kappa shape index (κ2) is 4.14. The fraction of sp³-hybridized carbons (Fsp3) is 1.00. The SMILES string of the molecule is CCO[C@]1(C)CO[C@H](C(Cl)Cl)C1. The molecule has 1 heterocycles. The van der Waals surface area contributed by atoms with Crippen LogP contribution >= 0.6 is 23.2 Å². The van der Waals surface area contributed by atoms with Crippen molar-refractivity contribution in [1.29, 1.82) is 0 Å². The van der Waals surface area contributed by atoms with Crippen LogP contribution in [-0.2, 0) is 9.47 Å². The van der Waals surface area contributed by atoms with Crippen LogP contribution in [0.5, 0.6) is 0 Å². The maximum Gasteiger partial charge on any atom is 0.133 e. The van der Waals surface area contributed by atoms with Gasteiger partial charge in [0.2, 0.25) is 0 Å². The van der Waals surface area contributed by atoms with E-state index in [4.69, 9.17) is 32.7 Å². The molecule has 1 aliphatic heterocycles. The molecule has 1 saturated heterocycles. The molecular formula is C8H14Cl2O2. The van der Waals surface area contributed by atoms with Crippen molar-refractivity contribution in [3.63, 3.8) is 0 Å². The topological polar surface area (TPSA) is 18.5 Å². The van der Waals surface area contributed by atoms with Crippen LogP contribution < -0.4 is 0 Å². The van der Waals surface area contributed by atoms with Gasteiger partial charge in [0.05, 0.1) is 18.3 Å². The minimum atomic E-state index is -0.452. The van der Waals surface area contributed by atoms with Crippen molar-refractivity contribution >= 4 is 23.2 Å². The predicted octanol–water partition coefficient (Wildman–Crippen LogP) is 2.37. The van der Waals surface area contributed by atoms with Gasteiger partial charge >= 0.3 is 0 Å². The van der Waals surface area contributed by atoms with Gasteiger partial charge in [-0.2, -0.15) is 0 Å². The van der Waals surface area contributed by atoms with Gasteiger partial charge in [0.15, 0.2) is 0 Å². The zero-order chi connectivity index (χ0) is 9.19. The van der Waals surface area contributed by atoms with Crippen LogP contribution in [0.3, 0.4) is 0 Å². The number of rotatable bonds is 3. The summed E-state index contributed by atoms with van der Waals surface area (Å²) in [6.45, 7) is 5.27. The summed E-state index contributed by atoms with van der Waals surface area (Å²) >= 11 is 11.4. The van der Waals surface area contributed by atoms with Gasteiger partial charge in [0, 0.05) is 13.0 Å². The Hall–Kier alpha value is 0.500. The van der Waals surface area contributed by atoms with E-state index in [9.17, 15) is 0 Å². The fourth-order valence-electron chi connectivity index (χ4n) is 1.44. The summed E-state index contributed by atoms with van der Waals surface area (Å²) in [5, 5.41) is 0. The van der Waals surface area contributed by atoms with Crippen LogP contribution in [-0.4, -0.2) is 29.8 Å². The minimum absolute atomic E-state index is 0.0788. The van der Waals surface area contributed by atoms with E-state index in [0.29, 0.717) is 13.2 Å². The van der Waals surface area contributed by atoms with Crippen LogP contribution in [0.25, 0.3) is 0 Å². The molecule has 0 saturated carbocycles. The number of halogens is 2. The van der Waals surface area contributed by atoms with Gasteiger partial charge in [0.25, 0.3) is 0 Å². The largest absolute Gasteiger partial charge is 0.373 e. The van der Waals surface area contributed by atoms with Gasteiger partial charge in [0.1, 0.15) is 4.84 Å². The average Bonchev–Trinajstić information content (AvgIpc) is 2.33. The highest BCUT2D eigenvalue weighted by Gasteiger charge is 2.39. The summed E-state index contributed by atoms with van der Waals surface area (Å²) in [6, 6.07) is 0. The third kappa shape index (κ3) is 2.49. The minimum Gasteiger partial charge on any atom is -0.373 e. The first kappa shape index (κ1) is 10.6. The Morgan fingerprint density at radius 1 is 1.67 bits per heavy atom. The van der Waals surface area contributed by atoms with Crippen molar-refractivity contribution in [2.24, 2.45) is 0 Å². The Bertz CT molecular complexity index is 152. The zero-order valence-corrected chi connectivity index (χ0v) is 8.86. The Morgan fingerprint density at radius 2 is 2.33 bits per heavy atom. The molecule has 0 aliphatic carbocycles. The Labute approximate surface area is 83.1 Å². The number of alkyl halides is 2. The van der Waals surface area contributed by atoms with E-state index in [0.717, 1.165) is 6.42 Å². The second-order valence-corrected chi connectivity index (χ2v) is 4.43. The Kier molecular flexibility index (Phi) is 3.65. The van der Waals surface area contributed by atoms with Crippen molar-refractivity contribution in [2.45, 2.75) is 36.8 Å². The van der Waals surface area contributed by atoms with E-state index >= 15 is 0 Å². The smallest absolute Gasteiger partial charge is 0.133 e. The van der Waals surface area contributed by atoms with Crippen LogP contribution in [0.2, 0.25) is 0 Å². The van der Waals surface area contributed by atoms with Gasteiger partial charge < -0.3 is 9.47 Å². The molecule has 0 unspecified atom stereocenters. The molecule has 2 nitrogen and oxygen atoms in total. The summed E-state index contributed by atoms with van der Waals surface area (Å²) in [7, 11) is 0. The highest BCUT2D eigenvalue weighted by atomic mass is 35.5. The molecule has 0 N–H and O–H groups in total. The Balaban J connectivity index is 2.43. The molecular weight excluding hydrogens is 199 g/mol. The summed E-state index contributed by atoms with van der Waals surface area (Å²) in [6.07, 6.45) is 0.697. The van der Waals surface area contributed by atoms with Gasteiger partial charge in [-0.05, 0) is 13.8 Å². The molecule has 0 amide bonds. The van der Waals surface area contributed by atoms with E-state index in [1.165, 1.54) is 0 Å². The van der Waals surface area contributed by atoms with Crippen molar-refractivity contribution < 1.29 is 9.47 Å². The molecule has 0 aromatic carbocycles. The van der Waals surface area contributed by atoms with Crippen molar-refractivity contribution in [3.8, 4) is 0 Å². The van der Waals surface area contributed by atoms with Gasteiger partial charge in [-0.25, -0.2) is 0 Å². The number of hydrogen-bond acceptors (Lipinski definition) is 2. The molecule has 1 rings (SSSR count). The quantitative estimate of drug-likeness (QED) is 0.670. The highest BCUT2D eigenvalue weighted by molar-refractivity contribution is 6.44. The molecule has 2 atom stereocenters. The number of ether oxygens (including phenoxy) is 2. The molecule has 0 radical (unpaired) electrons. The molecule has 0 aromatic heterocycles. The van der Waals surface area contributed by atoms with Crippen molar-refractivity contribution in [3.05, 3.63) is 0 Å². The fourth-order valence-corrected chi connectivity index (χ4v) is 1.76. The molecule has 4 heteroatoms. The molecule has 1 aliphatic rings. The number of hydrogen-bond donors (Lipinski definition) is 0. The van der Waals surface area contributed by atoms with Crippen molar-refractivity contribution in [2.75, 3.05) is 13.2 Å². The van der Waals surface area contributed by atoms with E-state index < -0.39 is 4.84 Å².